The first-order chi connectivity index (χ1) is 29.0. The fourth-order valence-electron chi connectivity index (χ4n) is 6.62. The van der Waals surface area contributed by atoms with Crippen LogP contribution in [0.2, 0.25) is 0 Å². The summed E-state index contributed by atoms with van der Waals surface area (Å²) in [6.07, 6.45) is 16.0. The van der Waals surface area contributed by atoms with Gasteiger partial charge in [-0.05, 0) is 51.4 Å². The number of rotatable bonds is 32. The maximum atomic E-state index is 12.9. The van der Waals surface area contributed by atoms with E-state index in [0.717, 1.165) is 57.8 Å². The number of esters is 2. The van der Waals surface area contributed by atoms with Crippen molar-refractivity contribution in [1.29, 1.82) is 0 Å². The lowest BCUT2D eigenvalue weighted by Gasteiger charge is -2.42. The van der Waals surface area contributed by atoms with Crippen LogP contribution in [0.1, 0.15) is 129 Å². The monoisotopic (exact) mass is 857 g/mol. The Labute approximate surface area is 357 Å². The van der Waals surface area contributed by atoms with Gasteiger partial charge in [0.25, 0.3) is 0 Å². The Balaban J connectivity index is 1.87. The molecule has 4 unspecified atom stereocenters. The van der Waals surface area contributed by atoms with Crippen LogP contribution in [-0.2, 0) is 38.0 Å². The first-order valence-electron chi connectivity index (χ1n) is 22.2. The standard InChI is InChI=1S/C45H76O15/c1-3-5-7-9-11-13-14-15-16-17-18-20-21-23-25-27-36(47)55-30-33(58-37(48)28-26-24-22-19-12-10-8-6-4-2)31-56-44-43(54)41(52)39(50)35(60-44)32-57-45-42(53)40(51)38(49)34(29-46)59-45/h5,7,11,13,15-16,18,20,33-35,38-46,49-54H,3-4,6,8-10,12,14,17,19,21-32H2,1-2H3/b7-5+,13-11+,16-15+,20-18+/t33-,34-,35-,38+,39+,40?,41?,42?,43?,44-,45-/m1/s1. The molecule has 0 aromatic heterocycles. The lowest BCUT2D eigenvalue weighted by atomic mass is 9.98. The molecule has 7 N–H and O–H groups in total. The Hall–Kier alpha value is -2.54. The van der Waals surface area contributed by atoms with Crippen molar-refractivity contribution in [3.05, 3.63) is 48.6 Å². The molecule has 2 saturated heterocycles. The lowest BCUT2D eigenvalue weighted by Crippen LogP contribution is -2.61. The summed E-state index contributed by atoms with van der Waals surface area (Å²) in [5, 5.41) is 71.7. The molecule has 0 aliphatic carbocycles. The molecule has 0 aromatic carbocycles. The molecule has 11 atom stereocenters. The number of allylic oxidation sites excluding steroid dienone is 8. The Morgan fingerprint density at radius 3 is 1.65 bits per heavy atom. The highest BCUT2D eigenvalue weighted by atomic mass is 16.7. The summed E-state index contributed by atoms with van der Waals surface area (Å²) in [4.78, 5) is 25.5. The smallest absolute Gasteiger partial charge is 0.306 e. The molecule has 15 nitrogen and oxygen atoms in total. The second-order valence-corrected chi connectivity index (χ2v) is 15.5. The van der Waals surface area contributed by atoms with E-state index in [1.807, 2.05) is 0 Å². The van der Waals surface area contributed by atoms with Crippen molar-refractivity contribution in [2.75, 3.05) is 26.4 Å². The fourth-order valence-corrected chi connectivity index (χ4v) is 6.62. The molecule has 15 heteroatoms. The minimum Gasteiger partial charge on any atom is -0.462 e. The highest BCUT2D eigenvalue weighted by Gasteiger charge is 2.47. The molecule has 0 amide bonds. The van der Waals surface area contributed by atoms with Gasteiger partial charge in [0.2, 0.25) is 0 Å². The third kappa shape index (κ3) is 22.0. The van der Waals surface area contributed by atoms with Gasteiger partial charge in [0.05, 0.1) is 19.8 Å². The number of ether oxygens (including phenoxy) is 6. The molecule has 2 fully saturated rings. The van der Waals surface area contributed by atoms with E-state index >= 15 is 0 Å². The van der Waals surface area contributed by atoms with Crippen LogP contribution in [0.4, 0.5) is 0 Å². The van der Waals surface area contributed by atoms with Crippen molar-refractivity contribution in [2.24, 2.45) is 0 Å². The van der Waals surface area contributed by atoms with Gasteiger partial charge in [-0.25, -0.2) is 0 Å². The van der Waals surface area contributed by atoms with Gasteiger partial charge in [0.15, 0.2) is 18.7 Å². The van der Waals surface area contributed by atoms with E-state index in [9.17, 15) is 45.3 Å². The predicted octanol–water partition coefficient (Wildman–Crippen LogP) is 4.37. The van der Waals surface area contributed by atoms with Gasteiger partial charge in [0.1, 0.15) is 55.4 Å². The van der Waals surface area contributed by atoms with E-state index in [-0.39, 0.29) is 19.4 Å². The summed E-state index contributed by atoms with van der Waals surface area (Å²) in [7, 11) is 0. The average Bonchev–Trinajstić information content (AvgIpc) is 3.24. The van der Waals surface area contributed by atoms with Crippen LogP contribution in [0.5, 0.6) is 0 Å². The van der Waals surface area contributed by atoms with Crippen molar-refractivity contribution in [2.45, 2.75) is 197 Å². The molecule has 2 heterocycles. The minimum absolute atomic E-state index is 0.155. The minimum atomic E-state index is -1.77. The summed E-state index contributed by atoms with van der Waals surface area (Å²) in [6, 6.07) is 0. The van der Waals surface area contributed by atoms with E-state index in [4.69, 9.17) is 28.4 Å². The zero-order valence-electron chi connectivity index (χ0n) is 35.9. The van der Waals surface area contributed by atoms with Crippen LogP contribution in [0.25, 0.3) is 0 Å². The van der Waals surface area contributed by atoms with Crippen LogP contribution in [0, 0.1) is 0 Å². The number of aliphatic hydroxyl groups excluding tert-OH is 7. The topological polar surface area (TPSA) is 231 Å². The van der Waals surface area contributed by atoms with Gasteiger partial charge in [-0.1, -0.05) is 114 Å². The predicted molar refractivity (Wildman–Crippen MR) is 224 cm³/mol. The Kier molecular flexibility index (Phi) is 29.5. The van der Waals surface area contributed by atoms with Crippen LogP contribution in [0.3, 0.4) is 0 Å². The van der Waals surface area contributed by atoms with Gasteiger partial charge < -0.3 is 64.2 Å². The molecule has 60 heavy (non-hydrogen) atoms. The lowest BCUT2D eigenvalue weighted by molar-refractivity contribution is -0.332. The molecule has 346 valence electrons. The van der Waals surface area contributed by atoms with Crippen molar-refractivity contribution >= 4 is 11.9 Å². The van der Waals surface area contributed by atoms with E-state index in [0.29, 0.717) is 12.8 Å². The molecular formula is C45H76O15. The average molecular weight is 857 g/mol. The first kappa shape index (κ1) is 53.6. The van der Waals surface area contributed by atoms with E-state index < -0.39 is 99.3 Å². The third-order valence-corrected chi connectivity index (χ3v) is 10.3. The van der Waals surface area contributed by atoms with Crippen molar-refractivity contribution in [1.82, 2.24) is 0 Å². The SMILES string of the molecule is CC/C=C/C/C=C/C/C=C/C/C=C/CCCCC(=O)OC[C@H](CO[C@@H]1O[C@H](CO[C@@H]2O[C@H](CO)[C@H](O)C(O)C2O)[C@H](O)C(O)C1O)OC(=O)CCCCCCCCCCC. The summed E-state index contributed by atoms with van der Waals surface area (Å²) >= 11 is 0. The molecule has 2 aliphatic rings. The van der Waals surface area contributed by atoms with Crippen molar-refractivity contribution < 1.29 is 73.8 Å². The first-order valence-corrected chi connectivity index (χ1v) is 22.2. The molecule has 0 spiro atoms. The van der Waals surface area contributed by atoms with Crippen LogP contribution in [-0.4, -0.2) is 142 Å². The summed E-state index contributed by atoms with van der Waals surface area (Å²) < 4.78 is 33.3. The zero-order valence-corrected chi connectivity index (χ0v) is 35.9. The molecular weight excluding hydrogens is 780 g/mol. The van der Waals surface area contributed by atoms with Crippen molar-refractivity contribution in [3.8, 4) is 0 Å². The Morgan fingerprint density at radius 2 is 1.05 bits per heavy atom. The Morgan fingerprint density at radius 1 is 0.550 bits per heavy atom. The Bertz CT molecular complexity index is 1240. The van der Waals surface area contributed by atoms with Crippen LogP contribution in [0.15, 0.2) is 48.6 Å². The van der Waals surface area contributed by atoms with Crippen LogP contribution >= 0.6 is 0 Å². The van der Waals surface area contributed by atoms with Crippen LogP contribution < -0.4 is 0 Å². The van der Waals surface area contributed by atoms with Gasteiger partial charge in [-0.3, -0.25) is 9.59 Å². The second-order valence-electron chi connectivity index (χ2n) is 15.5. The van der Waals surface area contributed by atoms with Gasteiger partial charge >= 0.3 is 11.9 Å². The molecule has 2 aliphatic heterocycles. The van der Waals surface area contributed by atoms with E-state index in [1.165, 1.54) is 32.1 Å². The summed E-state index contributed by atoms with van der Waals surface area (Å²) in [5.41, 5.74) is 0. The van der Waals surface area contributed by atoms with Gasteiger partial charge in [-0.15, -0.1) is 0 Å². The number of hydrogen-bond acceptors (Lipinski definition) is 15. The molecule has 0 radical (unpaired) electrons. The molecule has 0 bridgehead atoms. The molecule has 0 aromatic rings. The third-order valence-electron chi connectivity index (χ3n) is 10.3. The van der Waals surface area contributed by atoms with Gasteiger partial charge in [-0.2, -0.15) is 0 Å². The van der Waals surface area contributed by atoms with E-state index in [2.05, 4.69) is 62.5 Å². The number of aliphatic hydroxyl groups is 7. The molecule has 0 saturated carbocycles. The van der Waals surface area contributed by atoms with Gasteiger partial charge in [0, 0.05) is 12.8 Å². The number of hydrogen-bond donors (Lipinski definition) is 7. The number of carbonyl (C=O) groups excluding carboxylic acids is 2. The highest BCUT2D eigenvalue weighted by molar-refractivity contribution is 5.70. The second kappa shape index (κ2) is 33.1. The quantitative estimate of drug-likeness (QED) is 0.0283. The fraction of sp³-hybridized carbons (Fsp3) is 0.778. The number of unbranched alkanes of at least 4 members (excludes halogenated alkanes) is 10. The largest absolute Gasteiger partial charge is 0.462 e. The zero-order chi connectivity index (χ0) is 44.0. The number of carbonyl (C=O) groups is 2. The van der Waals surface area contributed by atoms with E-state index in [1.54, 1.807) is 0 Å². The van der Waals surface area contributed by atoms with Crippen molar-refractivity contribution in [3.63, 3.8) is 0 Å². The maximum absolute atomic E-state index is 12.9. The maximum Gasteiger partial charge on any atom is 0.306 e. The summed E-state index contributed by atoms with van der Waals surface area (Å²) in [6.45, 7) is 2.37. The highest BCUT2D eigenvalue weighted by Crippen LogP contribution is 2.26. The molecule has 2 rings (SSSR count). The summed E-state index contributed by atoms with van der Waals surface area (Å²) in [5.74, 6) is -0.982. The normalized spacial score (nSPS) is 28.0.